The maximum atomic E-state index is 10.5. The molecule has 0 radical (unpaired) electrons. The third-order valence-electron chi connectivity index (χ3n) is 0.877. The maximum absolute atomic E-state index is 10.5. The van der Waals surface area contributed by atoms with E-state index in [0.717, 1.165) is 11.3 Å². The van der Waals surface area contributed by atoms with Gasteiger partial charge in [0, 0.05) is 4.47 Å². The van der Waals surface area contributed by atoms with Crippen molar-refractivity contribution in [1.29, 1.82) is 0 Å². The van der Waals surface area contributed by atoms with Gasteiger partial charge in [0.25, 0.3) is 0 Å². The van der Waals surface area contributed by atoms with Crippen molar-refractivity contribution in [3.8, 4) is 0 Å². The average molecular weight is 322 g/mol. The first-order valence-electron chi connectivity index (χ1n) is 2.33. The molecule has 1 heterocycles. The molecular formula is C4H2Br2O3S2. The van der Waals surface area contributed by atoms with Gasteiger partial charge in [0.2, 0.25) is 0 Å². The standard InChI is InChI=1S/C4H2Br2O3S2/c5-2-1-3(10-4(2)6)11(7,8)9/h1H,(H,7,8,9). The normalized spacial score (nSPS) is 11.9. The van der Waals surface area contributed by atoms with Crippen molar-refractivity contribution in [2.75, 3.05) is 0 Å². The fraction of sp³-hybridized carbons (Fsp3) is 0. The second kappa shape index (κ2) is 3.14. The van der Waals surface area contributed by atoms with Crippen LogP contribution in [0.4, 0.5) is 0 Å². The van der Waals surface area contributed by atoms with E-state index in [1.165, 1.54) is 6.07 Å². The van der Waals surface area contributed by atoms with E-state index in [2.05, 4.69) is 31.9 Å². The van der Waals surface area contributed by atoms with E-state index in [-0.39, 0.29) is 4.21 Å². The summed E-state index contributed by atoms with van der Waals surface area (Å²) in [5.74, 6) is 0. The molecule has 0 amide bonds. The second-order valence-corrected chi connectivity index (χ2v) is 6.53. The Morgan fingerprint density at radius 1 is 1.45 bits per heavy atom. The lowest BCUT2D eigenvalue weighted by Gasteiger charge is -1.85. The van der Waals surface area contributed by atoms with E-state index in [1.54, 1.807) is 0 Å². The Hall–Kier alpha value is 0.570. The Balaban J connectivity index is 3.29. The predicted molar refractivity (Wildman–Crippen MR) is 49.5 cm³/mol. The predicted octanol–water partition coefficient (Wildman–Crippen LogP) is 2.52. The van der Waals surface area contributed by atoms with Crippen LogP contribution >= 0.6 is 43.2 Å². The second-order valence-electron chi connectivity index (χ2n) is 1.66. The fourth-order valence-corrected chi connectivity index (χ4v) is 3.64. The molecule has 0 saturated heterocycles. The summed E-state index contributed by atoms with van der Waals surface area (Å²) in [6.07, 6.45) is 0. The van der Waals surface area contributed by atoms with E-state index in [0.29, 0.717) is 8.26 Å². The smallest absolute Gasteiger partial charge is 0.281 e. The molecule has 0 bridgehead atoms. The molecule has 0 unspecified atom stereocenters. The summed E-state index contributed by atoms with van der Waals surface area (Å²) in [6, 6.07) is 1.34. The van der Waals surface area contributed by atoms with Crippen LogP contribution in [0, 0.1) is 0 Å². The summed E-state index contributed by atoms with van der Waals surface area (Å²) in [5, 5.41) is 0. The lowest BCUT2D eigenvalue weighted by atomic mass is 10.7. The Morgan fingerprint density at radius 3 is 2.18 bits per heavy atom. The molecule has 0 aliphatic rings. The van der Waals surface area contributed by atoms with Crippen molar-refractivity contribution in [3.63, 3.8) is 0 Å². The van der Waals surface area contributed by atoms with Crippen LogP contribution in [-0.4, -0.2) is 13.0 Å². The maximum Gasteiger partial charge on any atom is 0.304 e. The molecule has 0 aliphatic carbocycles. The summed E-state index contributed by atoms with van der Waals surface area (Å²) in [5.41, 5.74) is 0. The molecular weight excluding hydrogens is 320 g/mol. The number of hydrogen-bond donors (Lipinski definition) is 1. The van der Waals surface area contributed by atoms with Crippen LogP contribution in [-0.2, 0) is 10.1 Å². The molecule has 1 aromatic rings. The Kier molecular flexibility index (Phi) is 2.75. The van der Waals surface area contributed by atoms with Crippen molar-refractivity contribution in [2.45, 2.75) is 4.21 Å². The van der Waals surface area contributed by atoms with Crippen LogP contribution in [0.3, 0.4) is 0 Å². The molecule has 3 nitrogen and oxygen atoms in total. The summed E-state index contributed by atoms with van der Waals surface area (Å²) in [7, 11) is -4.05. The lowest BCUT2D eigenvalue weighted by Crippen LogP contribution is -1.93. The van der Waals surface area contributed by atoms with Crippen LogP contribution in [0.5, 0.6) is 0 Å². The van der Waals surface area contributed by atoms with E-state index in [1.807, 2.05) is 0 Å². The highest BCUT2D eigenvalue weighted by atomic mass is 79.9. The van der Waals surface area contributed by atoms with Crippen LogP contribution in [0.25, 0.3) is 0 Å². The first-order chi connectivity index (χ1) is 4.91. The fourth-order valence-electron chi connectivity index (χ4n) is 0.454. The monoisotopic (exact) mass is 320 g/mol. The van der Waals surface area contributed by atoms with Gasteiger partial charge in [-0.15, -0.1) is 11.3 Å². The molecule has 62 valence electrons. The largest absolute Gasteiger partial charge is 0.304 e. The summed E-state index contributed by atoms with van der Waals surface area (Å²) >= 11 is 7.15. The highest BCUT2D eigenvalue weighted by molar-refractivity contribution is 9.13. The van der Waals surface area contributed by atoms with E-state index < -0.39 is 10.1 Å². The number of thiophene rings is 1. The minimum absolute atomic E-state index is 0.0729. The molecule has 0 fully saturated rings. The van der Waals surface area contributed by atoms with Gasteiger partial charge in [-0.2, -0.15) is 8.42 Å². The van der Waals surface area contributed by atoms with Crippen LogP contribution < -0.4 is 0 Å². The third-order valence-corrected chi connectivity index (χ3v) is 5.44. The van der Waals surface area contributed by atoms with Crippen molar-refractivity contribution in [3.05, 3.63) is 14.3 Å². The zero-order valence-corrected chi connectivity index (χ0v) is 9.72. The van der Waals surface area contributed by atoms with E-state index in [9.17, 15) is 8.42 Å². The van der Waals surface area contributed by atoms with Gasteiger partial charge in [-0.05, 0) is 37.9 Å². The minimum Gasteiger partial charge on any atom is -0.281 e. The first-order valence-corrected chi connectivity index (χ1v) is 6.18. The molecule has 0 atom stereocenters. The molecule has 0 spiro atoms. The molecule has 11 heavy (non-hydrogen) atoms. The minimum atomic E-state index is -4.05. The molecule has 1 rings (SSSR count). The van der Waals surface area contributed by atoms with Gasteiger partial charge >= 0.3 is 10.1 Å². The SMILES string of the molecule is O=S(=O)(O)c1cc(Br)c(Br)s1. The first kappa shape index (κ1) is 9.66. The Morgan fingerprint density at radius 2 is 2.00 bits per heavy atom. The topological polar surface area (TPSA) is 54.4 Å². The van der Waals surface area contributed by atoms with Gasteiger partial charge < -0.3 is 0 Å². The van der Waals surface area contributed by atoms with Crippen LogP contribution in [0.2, 0.25) is 0 Å². The van der Waals surface area contributed by atoms with Gasteiger partial charge in [-0.1, -0.05) is 0 Å². The quantitative estimate of drug-likeness (QED) is 0.809. The molecule has 7 heteroatoms. The van der Waals surface area contributed by atoms with Gasteiger partial charge in [-0.3, -0.25) is 4.55 Å². The average Bonchev–Trinajstić information content (AvgIpc) is 2.11. The van der Waals surface area contributed by atoms with E-state index in [4.69, 9.17) is 4.55 Å². The van der Waals surface area contributed by atoms with Gasteiger partial charge in [0.05, 0.1) is 3.79 Å². The Bertz CT molecular complexity index is 347. The molecule has 0 saturated carbocycles. The van der Waals surface area contributed by atoms with E-state index >= 15 is 0 Å². The zero-order valence-electron chi connectivity index (χ0n) is 4.91. The third kappa shape index (κ3) is 2.25. The molecule has 0 aliphatic heterocycles. The number of hydrogen-bond acceptors (Lipinski definition) is 3. The van der Waals surface area contributed by atoms with Crippen molar-refractivity contribution < 1.29 is 13.0 Å². The summed E-state index contributed by atoms with van der Waals surface area (Å²) in [6.45, 7) is 0. The molecule has 1 N–H and O–H groups in total. The van der Waals surface area contributed by atoms with Gasteiger partial charge in [0.15, 0.2) is 0 Å². The highest BCUT2D eigenvalue weighted by Crippen LogP contribution is 2.34. The highest BCUT2D eigenvalue weighted by Gasteiger charge is 2.14. The summed E-state index contributed by atoms with van der Waals surface area (Å²) < 4.78 is 30.8. The lowest BCUT2D eigenvalue weighted by molar-refractivity contribution is 0.485. The number of halogens is 2. The van der Waals surface area contributed by atoms with Crippen LogP contribution in [0.15, 0.2) is 18.5 Å². The molecule has 1 aromatic heterocycles. The van der Waals surface area contributed by atoms with Crippen molar-refractivity contribution in [1.82, 2.24) is 0 Å². The van der Waals surface area contributed by atoms with Gasteiger partial charge in [0.1, 0.15) is 4.21 Å². The van der Waals surface area contributed by atoms with Gasteiger partial charge in [-0.25, -0.2) is 0 Å². The Labute approximate surface area is 84.4 Å². The molecule has 0 aromatic carbocycles. The van der Waals surface area contributed by atoms with Crippen LogP contribution in [0.1, 0.15) is 0 Å². The zero-order chi connectivity index (χ0) is 8.65. The van der Waals surface area contributed by atoms with Crippen molar-refractivity contribution >= 4 is 53.3 Å². The summed E-state index contributed by atoms with van der Waals surface area (Å²) in [4.78, 5) is 0. The van der Waals surface area contributed by atoms with Crippen molar-refractivity contribution in [2.24, 2.45) is 0 Å². The number of rotatable bonds is 1.